The van der Waals surface area contributed by atoms with Gasteiger partial charge in [-0.15, -0.1) is 0 Å². The summed E-state index contributed by atoms with van der Waals surface area (Å²) in [5.41, 5.74) is 6.45. The molecule has 2 aromatic carbocycles. The minimum absolute atomic E-state index is 0.0780. The van der Waals surface area contributed by atoms with Crippen LogP contribution in [0.25, 0.3) is 0 Å². The molecule has 3 nitrogen and oxygen atoms in total. The molecule has 0 amide bonds. The van der Waals surface area contributed by atoms with E-state index >= 15 is 0 Å². The first-order chi connectivity index (χ1) is 8.20. The van der Waals surface area contributed by atoms with E-state index in [1.807, 2.05) is 6.07 Å². The molecule has 0 atom stereocenters. The van der Waals surface area contributed by atoms with Gasteiger partial charge in [-0.05, 0) is 24.3 Å². The molecular formula is C13H9FN2O. The molecule has 0 unspecified atom stereocenters. The molecule has 17 heavy (non-hydrogen) atoms. The number of para-hydroxylation sites is 1. The maximum Gasteiger partial charge on any atom is 0.165 e. The van der Waals surface area contributed by atoms with Crippen molar-refractivity contribution in [3.63, 3.8) is 0 Å². The molecule has 0 saturated carbocycles. The monoisotopic (exact) mass is 228 g/mol. The summed E-state index contributed by atoms with van der Waals surface area (Å²) in [6, 6.07) is 12.6. The summed E-state index contributed by atoms with van der Waals surface area (Å²) in [6.07, 6.45) is 0. The lowest BCUT2D eigenvalue weighted by Crippen LogP contribution is -1.94. The smallest absolute Gasteiger partial charge is 0.165 e. The molecule has 0 bridgehead atoms. The van der Waals surface area contributed by atoms with Crippen LogP contribution in [0.3, 0.4) is 0 Å². The predicted molar refractivity (Wildman–Crippen MR) is 62.0 cm³/mol. The third-order valence-electron chi connectivity index (χ3n) is 2.20. The summed E-state index contributed by atoms with van der Waals surface area (Å²) in [7, 11) is 0. The number of anilines is 1. The fourth-order valence-corrected chi connectivity index (χ4v) is 1.34. The molecule has 0 heterocycles. The van der Waals surface area contributed by atoms with Crippen LogP contribution in [0.5, 0.6) is 11.5 Å². The highest BCUT2D eigenvalue weighted by Crippen LogP contribution is 2.29. The lowest BCUT2D eigenvalue weighted by Gasteiger charge is -2.09. The first-order valence-electron chi connectivity index (χ1n) is 4.92. The SMILES string of the molecule is N#Cc1ccc(N)c(Oc2ccccc2F)c1. The second-order valence-corrected chi connectivity index (χ2v) is 3.40. The Bertz CT molecular complexity index is 590. The number of hydrogen-bond acceptors (Lipinski definition) is 3. The summed E-state index contributed by atoms with van der Waals surface area (Å²) < 4.78 is 18.7. The number of nitrogens with two attached hydrogens (primary N) is 1. The van der Waals surface area contributed by atoms with Gasteiger partial charge in [0, 0.05) is 6.07 Å². The zero-order chi connectivity index (χ0) is 12.3. The molecule has 2 aromatic rings. The molecule has 2 N–H and O–H groups in total. The number of ether oxygens (including phenoxy) is 1. The van der Waals surface area contributed by atoms with Crippen LogP contribution in [0.4, 0.5) is 10.1 Å². The van der Waals surface area contributed by atoms with Gasteiger partial charge in [-0.2, -0.15) is 5.26 Å². The van der Waals surface area contributed by atoms with Crippen LogP contribution < -0.4 is 10.5 Å². The summed E-state index contributed by atoms with van der Waals surface area (Å²) in [5.74, 6) is -0.127. The predicted octanol–water partition coefficient (Wildman–Crippen LogP) is 3.07. The molecule has 0 aromatic heterocycles. The molecular weight excluding hydrogens is 219 g/mol. The van der Waals surface area contributed by atoms with Gasteiger partial charge in [-0.1, -0.05) is 12.1 Å². The normalized spacial score (nSPS) is 9.65. The van der Waals surface area contributed by atoms with Crippen molar-refractivity contribution < 1.29 is 9.13 Å². The van der Waals surface area contributed by atoms with E-state index in [1.54, 1.807) is 24.3 Å². The van der Waals surface area contributed by atoms with Gasteiger partial charge in [0.25, 0.3) is 0 Å². The molecule has 4 heteroatoms. The first kappa shape index (κ1) is 11.0. The van der Waals surface area contributed by atoms with E-state index in [1.165, 1.54) is 18.2 Å². The van der Waals surface area contributed by atoms with E-state index in [0.29, 0.717) is 11.3 Å². The van der Waals surface area contributed by atoms with Gasteiger partial charge in [0.1, 0.15) is 0 Å². The number of nitrogens with zero attached hydrogens (tertiary/aromatic N) is 1. The first-order valence-corrected chi connectivity index (χ1v) is 4.92. The Kier molecular flexibility index (Phi) is 2.93. The van der Waals surface area contributed by atoms with Crippen molar-refractivity contribution >= 4 is 5.69 Å². The van der Waals surface area contributed by atoms with Crippen molar-refractivity contribution in [2.75, 3.05) is 5.73 Å². The molecule has 0 aliphatic rings. The van der Waals surface area contributed by atoms with Gasteiger partial charge in [0.15, 0.2) is 17.3 Å². The van der Waals surface area contributed by atoms with Crippen LogP contribution in [-0.4, -0.2) is 0 Å². The van der Waals surface area contributed by atoms with E-state index in [2.05, 4.69) is 0 Å². The van der Waals surface area contributed by atoms with Crippen LogP contribution >= 0.6 is 0 Å². The van der Waals surface area contributed by atoms with Gasteiger partial charge in [-0.25, -0.2) is 4.39 Å². The Morgan fingerprint density at radius 1 is 1.12 bits per heavy atom. The Labute approximate surface area is 97.9 Å². The highest BCUT2D eigenvalue weighted by atomic mass is 19.1. The van der Waals surface area contributed by atoms with E-state index in [0.717, 1.165) is 0 Å². The molecule has 0 aliphatic carbocycles. The minimum atomic E-state index is -0.478. The van der Waals surface area contributed by atoms with E-state index in [9.17, 15) is 4.39 Å². The van der Waals surface area contributed by atoms with Crippen molar-refractivity contribution in [3.8, 4) is 17.6 Å². The molecule has 2 rings (SSSR count). The number of benzene rings is 2. The van der Waals surface area contributed by atoms with Crippen molar-refractivity contribution in [1.29, 1.82) is 5.26 Å². The summed E-state index contributed by atoms with van der Waals surface area (Å²) in [5, 5.41) is 8.75. The molecule has 0 radical (unpaired) electrons. The van der Waals surface area contributed by atoms with E-state index in [-0.39, 0.29) is 11.5 Å². The average molecular weight is 228 g/mol. The van der Waals surface area contributed by atoms with Crippen LogP contribution in [-0.2, 0) is 0 Å². The van der Waals surface area contributed by atoms with Crippen molar-refractivity contribution in [2.45, 2.75) is 0 Å². The quantitative estimate of drug-likeness (QED) is 0.803. The number of hydrogen-bond donors (Lipinski definition) is 1. The second kappa shape index (κ2) is 4.54. The Morgan fingerprint density at radius 3 is 2.59 bits per heavy atom. The highest BCUT2D eigenvalue weighted by molar-refractivity contribution is 5.57. The number of halogens is 1. The third-order valence-corrected chi connectivity index (χ3v) is 2.20. The van der Waals surface area contributed by atoms with Crippen molar-refractivity contribution in [2.24, 2.45) is 0 Å². The zero-order valence-corrected chi connectivity index (χ0v) is 8.85. The van der Waals surface area contributed by atoms with Gasteiger partial charge < -0.3 is 10.5 Å². The highest BCUT2D eigenvalue weighted by Gasteiger charge is 2.07. The average Bonchev–Trinajstić information content (AvgIpc) is 2.35. The Morgan fingerprint density at radius 2 is 1.88 bits per heavy atom. The van der Waals surface area contributed by atoms with Gasteiger partial charge >= 0.3 is 0 Å². The summed E-state index contributed by atoms with van der Waals surface area (Å²) >= 11 is 0. The summed E-state index contributed by atoms with van der Waals surface area (Å²) in [6.45, 7) is 0. The molecule has 0 fully saturated rings. The zero-order valence-electron chi connectivity index (χ0n) is 8.85. The molecule has 0 spiro atoms. The van der Waals surface area contributed by atoms with Gasteiger partial charge in [0.05, 0.1) is 17.3 Å². The third kappa shape index (κ3) is 2.34. The minimum Gasteiger partial charge on any atom is -0.452 e. The van der Waals surface area contributed by atoms with Crippen LogP contribution in [0.1, 0.15) is 5.56 Å². The summed E-state index contributed by atoms with van der Waals surface area (Å²) in [4.78, 5) is 0. The van der Waals surface area contributed by atoms with Crippen LogP contribution in [0.2, 0.25) is 0 Å². The number of rotatable bonds is 2. The maximum atomic E-state index is 13.4. The molecule has 0 saturated heterocycles. The lowest BCUT2D eigenvalue weighted by molar-refractivity contribution is 0.444. The van der Waals surface area contributed by atoms with Crippen LogP contribution in [0, 0.1) is 17.1 Å². The molecule has 84 valence electrons. The largest absolute Gasteiger partial charge is 0.452 e. The lowest BCUT2D eigenvalue weighted by atomic mass is 10.2. The fraction of sp³-hybridized carbons (Fsp3) is 0. The van der Waals surface area contributed by atoms with Crippen molar-refractivity contribution in [3.05, 3.63) is 53.8 Å². The van der Waals surface area contributed by atoms with E-state index < -0.39 is 5.82 Å². The fourth-order valence-electron chi connectivity index (χ4n) is 1.34. The Balaban J connectivity index is 2.37. The Hall–Kier alpha value is -2.54. The van der Waals surface area contributed by atoms with Crippen molar-refractivity contribution in [1.82, 2.24) is 0 Å². The van der Waals surface area contributed by atoms with Gasteiger partial charge in [-0.3, -0.25) is 0 Å². The maximum absolute atomic E-state index is 13.4. The number of nitriles is 1. The number of nitrogen functional groups attached to an aromatic ring is 1. The second-order valence-electron chi connectivity index (χ2n) is 3.40. The van der Waals surface area contributed by atoms with E-state index in [4.69, 9.17) is 15.7 Å². The standard InChI is InChI=1S/C13H9FN2O/c14-10-3-1-2-4-12(10)17-13-7-9(8-15)5-6-11(13)16/h1-7H,16H2. The van der Waals surface area contributed by atoms with Gasteiger partial charge in [0.2, 0.25) is 0 Å². The van der Waals surface area contributed by atoms with Crippen LogP contribution in [0.15, 0.2) is 42.5 Å². The molecule has 0 aliphatic heterocycles. The topological polar surface area (TPSA) is 59.0 Å².